The predicted octanol–water partition coefficient (Wildman–Crippen LogP) is -2.09. The van der Waals surface area contributed by atoms with E-state index in [2.05, 4.69) is 29.0 Å². The Morgan fingerprint density at radius 2 is 0.818 bits per heavy atom. The van der Waals surface area contributed by atoms with Crippen LogP contribution in [0.25, 0.3) is 0 Å². The SMILES string of the molecule is CN.CN.CN.OP(O)(O)=S. The first-order valence-corrected chi connectivity index (χ1v) is 5.18. The molecule has 0 radical (unpaired) electrons. The van der Waals surface area contributed by atoms with E-state index < -0.39 is 6.72 Å². The molecule has 0 saturated carbocycles. The highest BCUT2D eigenvalue weighted by Crippen LogP contribution is 2.26. The summed E-state index contributed by atoms with van der Waals surface area (Å²) < 4.78 is 0. The minimum absolute atomic E-state index is 1.50. The molecule has 0 rings (SSSR count). The largest absolute Gasteiger partial charge is 0.333 e. The van der Waals surface area contributed by atoms with E-state index in [1.165, 1.54) is 21.1 Å². The molecule has 9 N–H and O–H groups in total. The van der Waals surface area contributed by atoms with E-state index in [1.54, 1.807) is 0 Å². The molecule has 0 unspecified atom stereocenters. The van der Waals surface area contributed by atoms with Gasteiger partial charge in [-0.3, -0.25) is 0 Å². The van der Waals surface area contributed by atoms with E-state index in [1.807, 2.05) is 0 Å². The number of rotatable bonds is 0. The Hall–Kier alpha value is 0.410. The van der Waals surface area contributed by atoms with Gasteiger partial charge in [0.15, 0.2) is 0 Å². The van der Waals surface area contributed by atoms with Gasteiger partial charge in [-0.05, 0) is 32.9 Å². The molecule has 0 aromatic heterocycles. The molecule has 6 nitrogen and oxygen atoms in total. The number of nitrogens with two attached hydrogens (primary N) is 3. The summed E-state index contributed by atoms with van der Waals surface area (Å²) in [6, 6.07) is 0. The van der Waals surface area contributed by atoms with Crippen molar-refractivity contribution in [3.8, 4) is 0 Å². The summed E-state index contributed by atoms with van der Waals surface area (Å²) in [7, 11) is 4.50. The van der Waals surface area contributed by atoms with Crippen molar-refractivity contribution >= 4 is 18.5 Å². The molecule has 11 heavy (non-hydrogen) atoms. The van der Waals surface area contributed by atoms with Crippen LogP contribution in [0.15, 0.2) is 0 Å². The zero-order valence-electron chi connectivity index (χ0n) is 6.93. The van der Waals surface area contributed by atoms with E-state index in [0.717, 1.165) is 0 Å². The molecule has 8 heteroatoms. The average Bonchev–Trinajstić information content (AvgIpc) is 1.96. The molecular weight excluding hydrogens is 189 g/mol. The lowest BCUT2D eigenvalue weighted by molar-refractivity contribution is 0.363. The Bertz CT molecular complexity index is 70.0. The fraction of sp³-hybridized carbons (Fsp3) is 1.00. The zero-order chi connectivity index (χ0) is 10.5. The van der Waals surface area contributed by atoms with Crippen LogP contribution in [0.3, 0.4) is 0 Å². The van der Waals surface area contributed by atoms with Crippen LogP contribution in [-0.2, 0) is 11.8 Å². The minimum atomic E-state index is -3.81. The zero-order valence-corrected chi connectivity index (χ0v) is 8.64. The summed E-state index contributed by atoms with van der Waals surface area (Å²) in [5.74, 6) is 0. The van der Waals surface area contributed by atoms with Crippen molar-refractivity contribution in [3.63, 3.8) is 0 Å². The van der Waals surface area contributed by atoms with Gasteiger partial charge in [-0.15, -0.1) is 0 Å². The molecule has 0 aliphatic heterocycles. The number of hydrogen-bond acceptors (Lipinski definition) is 4. The van der Waals surface area contributed by atoms with Crippen LogP contribution in [0.1, 0.15) is 0 Å². The lowest BCUT2D eigenvalue weighted by Gasteiger charge is -1.88. The maximum Gasteiger partial charge on any atom is 0.319 e. The van der Waals surface area contributed by atoms with Gasteiger partial charge < -0.3 is 31.9 Å². The van der Waals surface area contributed by atoms with Gasteiger partial charge in [0.1, 0.15) is 0 Å². The van der Waals surface area contributed by atoms with E-state index in [0.29, 0.717) is 0 Å². The maximum absolute atomic E-state index is 7.56. The highest BCUT2D eigenvalue weighted by molar-refractivity contribution is 8.06. The van der Waals surface area contributed by atoms with E-state index in [9.17, 15) is 0 Å². The van der Waals surface area contributed by atoms with Gasteiger partial charge in [-0.1, -0.05) is 0 Å². The van der Waals surface area contributed by atoms with Gasteiger partial charge in [-0.2, -0.15) is 0 Å². The van der Waals surface area contributed by atoms with E-state index >= 15 is 0 Å². The molecule has 0 saturated heterocycles. The van der Waals surface area contributed by atoms with Gasteiger partial charge in [-0.25, -0.2) is 0 Å². The molecule has 0 aliphatic rings. The first kappa shape index (κ1) is 22.5. The normalized spacial score (nSPS) is 7.00. The Labute approximate surface area is 72.3 Å². The fourth-order valence-corrected chi connectivity index (χ4v) is 0. The van der Waals surface area contributed by atoms with Crippen molar-refractivity contribution in [3.05, 3.63) is 0 Å². The second-order valence-corrected chi connectivity index (χ2v) is 3.01. The first-order chi connectivity index (χ1) is 5.00. The monoisotopic (exact) mass is 207 g/mol. The quantitative estimate of drug-likeness (QED) is 0.250. The molecule has 74 valence electrons. The number of hydrogen-bond donors (Lipinski definition) is 6. The average molecular weight is 207 g/mol. The lowest BCUT2D eigenvalue weighted by Crippen LogP contribution is -1.69. The molecule has 0 amide bonds. The Morgan fingerprint density at radius 1 is 0.818 bits per heavy atom. The van der Waals surface area contributed by atoms with Crippen molar-refractivity contribution in [1.82, 2.24) is 0 Å². The Balaban J connectivity index is -0.0000000350. The molecule has 0 heterocycles. The van der Waals surface area contributed by atoms with Gasteiger partial charge in [0.25, 0.3) is 0 Å². The van der Waals surface area contributed by atoms with Crippen LogP contribution >= 0.6 is 6.72 Å². The highest BCUT2D eigenvalue weighted by atomic mass is 32.5. The van der Waals surface area contributed by atoms with Gasteiger partial charge in [0.2, 0.25) is 0 Å². The van der Waals surface area contributed by atoms with Crippen molar-refractivity contribution in [2.75, 3.05) is 21.1 Å². The Morgan fingerprint density at radius 3 is 0.818 bits per heavy atom. The van der Waals surface area contributed by atoms with Crippen molar-refractivity contribution in [1.29, 1.82) is 0 Å². The van der Waals surface area contributed by atoms with Crippen molar-refractivity contribution in [2.24, 2.45) is 17.2 Å². The molecule has 0 aromatic carbocycles. The van der Waals surface area contributed by atoms with Crippen molar-refractivity contribution in [2.45, 2.75) is 0 Å². The van der Waals surface area contributed by atoms with Crippen molar-refractivity contribution < 1.29 is 14.7 Å². The standard InChI is InChI=1S/3CH5N.H3O3PS/c3*1-2;1-4(2,3)5/h3*2H2,1H3;(H3,1,2,3,5). The second-order valence-electron chi connectivity index (χ2n) is 0.513. The van der Waals surface area contributed by atoms with Crippen LogP contribution in [0.5, 0.6) is 0 Å². The Kier molecular flexibility index (Phi) is 45.9. The van der Waals surface area contributed by atoms with E-state index in [4.69, 9.17) is 14.7 Å². The molecule has 0 spiro atoms. The minimum Gasteiger partial charge on any atom is -0.333 e. The summed E-state index contributed by atoms with van der Waals surface area (Å²) in [5.41, 5.74) is 13.5. The predicted molar refractivity (Wildman–Crippen MR) is 51.3 cm³/mol. The molecule has 0 atom stereocenters. The van der Waals surface area contributed by atoms with Crippen LogP contribution in [0, 0.1) is 0 Å². The lowest BCUT2D eigenvalue weighted by atomic mass is 11.6. The summed E-state index contributed by atoms with van der Waals surface area (Å²) in [6.45, 7) is -3.81. The van der Waals surface area contributed by atoms with Gasteiger partial charge in [0, 0.05) is 0 Å². The van der Waals surface area contributed by atoms with Gasteiger partial charge in [0.05, 0.1) is 0 Å². The molecule has 0 aromatic rings. The molecule has 0 aliphatic carbocycles. The molecule has 0 bridgehead atoms. The summed E-state index contributed by atoms with van der Waals surface area (Å²) in [6.07, 6.45) is 0. The fourth-order valence-electron chi connectivity index (χ4n) is 0. The molecule has 0 fully saturated rings. The third-order valence-corrected chi connectivity index (χ3v) is 0. The first-order valence-electron chi connectivity index (χ1n) is 2.51. The third kappa shape index (κ3) is 4380. The summed E-state index contributed by atoms with van der Waals surface area (Å²) in [5, 5.41) is 0. The summed E-state index contributed by atoms with van der Waals surface area (Å²) in [4.78, 5) is 22.7. The van der Waals surface area contributed by atoms with Crippen LogP contribution in [0.4, 0.5) is 0 Å². The van der Waals surface area contributed by atoms with Gasteiger partial charge >= 0.3 is 6.72 Å². The smallest absolute Gasteiger partial charge is 0.319 e. The summed E-state index contributed by atoms with van der Waals surface area (Å²) >= 11 is 3.60. The maximum atomic E-state index is 7.56. The van der Waals surface area contributed by atoms with Crippen LogP contribution in [-0.4, -0.2) is 35.8 Å². The molecular formula is C3H18N3O3PS. The highest BCUT2D eigenvalue weighted by Gasteiger charge is 1.92. The van der Waals surface area contributed by atoms with Crippen LogP contribution in [0.2, 0.25) is 0 Å². The third-order valence-electron chi connectivity index (χ3n) is 0. The topological polar surface area (TPSA) is 139 Å². The van der Waals surface area contributed by atoms with Crippen LogP contribution < -0.4 is 17.2 Å². The second kappa shape index (κ2) is 22.4. The van der Waals surface area contributed by atoms with E-state index in [-0.39, 0.29) is 0 Å².